The van der Waals surface area contributed by atoms with Crippen LogP contribution in [0, 0.1) is 0 Å². The van der Waals surface area contributed by atoms with E-state index in [1.54, 1.807) is 12.1 Å². The molecular formula is C12H12FNO2. The first-order chi connectivity index (χ1) is 7.38. The fraction of sp³-hybridized carbons (Fsp3) is 0.250. The van der Waals surface area contributed by atoms with Gasteiger partial charge in [-0.05, 0) is 37.4 Å². The van der Waals surface area contributed by atoms with Crippen LogP contribution in [0.4, 0.5) is 4.39 Å². The van der Waals surface area contributed by atoms with Crippen molar-refractivity contribution in [2.45, 2.75) is 19.5 Å². The average molecular weight is 221 g/mol. The Morgan fingerprint density at radius 1 is 1.38 bits per heavy atom. The molecular weight excluding hydrogens is 209 g/mol. The van der Waals surface area contributed by atoms with E-state index in [9.17, 15) is 9.18 Å². The van der Waals surface area contributed by atoms with E-state index in [-0.39, 0.29) is 5.56 Å². The number of carboxylic acids is 1. The fourth-order valence-corrected chi connectivity index (χ4v) is 1.58. The molecule has 0 saturated carbocycles. The number of halogens is 1. The number of rotatable bonds is 2. The minimum Gasteiger partial charge on any atom is -0.478 e. The molecule has 0 unspecified atom stereocenters. The molecule has 0 atom stereocenters. The van der Waals surface area contributed by atoms with E-state index in [0.717, 1.165) is 5.39 Å². The molecule has 0 amide bonds. The number of nitrogens with one attached hydrogen (secondary N) is 1. The van der Waals surface area contributed by atoms with Crippen LogP contribution in [0.25, 0.3) is 10.9 Å². The largest absolute Gasteiger partial charge is 0.478 e. The van der Waals surface area contributed by atoms with Crippen molar-refractivity contribution in [2.24, 2.45) is 0 Å². The summed E-state index contributed by atoms with van der Waals surface area (Å²) in [4.78, 5) is 13.7. The highest BCUT2D eigenvalue weighted by molar-refractivity contribution is 5.93. The second kappa shape index (κ2) is 3.33. The molecule has 2 rings (SSSR count). The minimum absolute atomic E-state index is 0.192. The Morgan fingerprint density at radius 3 is 2.62 bits per heavy atom. The van der Waals surface area contributed by atoms with Crippen molar-refractivity contribution in [2.75, 3.05) is 0 Å². The second-order valence-electron chi connectivity index (χ2n) is 4.26. The number of hydrogen-bond acceptors (Lipinski definition) is 1. The second-order valence-corrected chi connectivity index (χ2v) is 4.26. The summed E-state index contributed by atoms with van der Waals surface area (Å²) in [6.07, 6.45) is 0. The maximum absolute atomic E-state index is 13.7. The van der Waals surface area contributed by atoms with Gasteiger partial charge >= 0.3 is 5.97 Å². The number of hydrogen-bond donors (Lipinski definition) is 2. The lowest BCUT2D eigenvalue weighted by atomic mass is 10.1. The predicted molar refractivity (Wildman–Crippen MR) is 59.4 cm³/mol. The Kier molecular flexibility index (Phi) is 2.22. The van der Waals surface area contributed by atoms with Crippen LogP contribution in [0.1, 0.15) is 29.9 Å². The quantitative estimate of drug-likeness (QED) is 0.818. The zero-order valence-corrected chi connectivity index (χ0v) is 9.04. The lowest BCUT2D eigenvalue weighted by Gasteiger charge is -2.10. The molecule has 16 heavy (non-hydrogen) atoms. The van der Waals surface area contributed by atoms with Crippen molar-refractivity contribution in [1.29, 1.82) is 0 Å². The maximum atomic E-state index is 13.7. The van der Waals surface area contributed by atoms with E-state index in [1.807, 2.05) is 0 Å². The van der Waals surface area contributed by atoms with Crippen LogP contribution < -0.4 is 0 Å². The first kappa shape index (κ1) is 10.7. The van der Waals surface area contributed by atoms with Gasteiger partial charge in [-0.1, -0.05) is 6.07 Å². The van der Waals surface area contributed by atoms with Crippen LogP contribution >= 0.6 is 0 Å². The van der Waals surface area contributed by atoms with E-state index in [0.29, 0.717) is 11.2 Å². The first-order valence-electron chi connectivity index (χ1n) is 4.93. The smallest absolute Gasteiger partial charge is 0.335 e. The van der Waals surface area contributed by atoms with E-state index in [4.69, 9.17) is 5.11 Å². The van der Waals surface area contributed by atoms with Crippen molar-refractivity contribution in [3.63, 3.8) is 0 Å². The monoisotopic (exact) mass is 221 g/mol. The van der Waals surface area contributed by atoms with Gasteiger partial charge in [0.2, 0.25) is 0 Å². The van der Waals surface area contributed by atoms with Gasteiger partial charge in [0.25, 0.3) is 0 Å². The Morgan fingerprint density at radius 2 is 2.06 bits per heavy atom. The van der Waals surface area contributed by atoms with Crippen molar-refractivity contribution >= 4 is 16.9 Å². The third-order valence-corrected chi connectivity index (χ3v) is 2.51. The lowest BCUT2D eigenvalue weighted by molar-refractivity contribution is 0.0697. The number of benzene rings is 1. The molecule has 3 nitrogen and oxygen atoms in total. The molecule has 0 radical (unpaired) electrons. The number of carbonyl (C=O) groups is 1. The summed E-state index contributed by atoms with van der Waals surface area (Å²) in [6, 6.07) is 6.38. The van der Waals surface area contributed by atoms with Gasteiger partial charge < -0.3 is 10.1 Å². The van der Waals surface area contributed by atoms with Gasteiger partial charge in [0.15, 0.2) is 0 Å². The zero-order chi connectivity index (χ0) is 11.9. The van der Waals surface area contributed by atoms with Gasteiger partial charge in [0, 0.05) is 5.52 Å². The summed E-state index contributed by atoms with van der Waals surface area (Å²) in [5, 5.41) is 9.63. The van der Waals surface area contributed by atoms with Crippen LogP contribution in [0.2, 0.25) is 0 Å². The molecule has 0 aliphatic heterocycles. The molecule has 0 spiro atoms. The van der Waals surface area contributed by atoms with Crippen LogP contribution in [-0.4, -0.2) is 16.1 Å². The SMILES string of the molecule is CC(C)(F)c1cc2ccc(C(=O)O)cc2[nH]1. The molecule has 1 aromatic carbocycles. The topological polar surface area (TPSA) is 53.1 Å². The molecule has 0 aliphatic rings. The molecule has 0 bridgehead atoms. The molecule has 4 heteroatoms. The molecule has 84 valence electrons. The maximum Gasteiger partial charge on any atom is 0.335 e. The van der Waals surface area contributed by atoms with Gasteiger partial charge in [-0.25, -0.2) is 9.18 Å². The molecule has 0 fully saturated rings. The molecule has 2 N–H and O–H groups in total. The number of aromatic carboxylic acids is 1. The standard InChI is InChI=1S/C12H12FNO2/c1-12(2,13)10-6-7-3-4-8(11(15)16)5-9(7)14-10/h3-6,14H,1-2H3,(H,15,16). The number of H-pyrrole nitrogens is 1. The summed E-state index contributed by atoms with van der Waals surface area (Å²) in [5.74, 6) is -0.988. The van der Waals surface area contributed by atoms with E-state index in [2.05, 4.69) is 4.98 Å². The lowest BCUT2D eigenvalue weighted by Crippen LogP contribution is -2.08. The van der Waals surface area contributed by atoms with Gasteiger partial charge in [0.1, 0.15) is 5.67 Å². The van der Waals surface area contributed by atoms with Crippen LogP contribution in [0.3, 0.4) is 0 Å². The fourth-order valence-electron chi connectivity index (χ4n) is 1.58. The van der Waals surface area contributed by atoms with Crippen molar-refractivity contribution in [1.82, 2.24) is 4.98 Å². The summed E-state index contributed by atoms with van der Waals surface area (Å²) in [6.45, 7) is 2.91. The van der Waals surface area contributed by atoms with Crippen LogP contribution in [0.15, 0.2) is 24.3 Å². The van der Waals surface area contributed by atoms with Gasteiger partial charge in [-0.2, -0.15) is 0 Å². The van der Waals surface area contributed by atoms with Crippen LogP contribution in [-0.2, 0) is 5.67 Å². The molecule has 1 aromatic heterocycles. The number of fused-ring (bicyclic) bond motifs is 1. The van der Waals surface area contributed by atoms with E-state index < -0.39 is 11.6 Å². The van der Waals surface area contributed by atoms with Gasteiger partial charge in [0.05, 0.1) is 11.3 Å². The number of aromatic nitrogens is 1. The Balaban J connectivity index is 2.59. The third-order valence-electron chi connectivity index (χ3n) is 2.51. The highest BCUT2D eigenvalue weighted by Crippen LogP contribution is 2.27. The predicted octanol–water partition coefficient (Wildman–Crippen LogP) is 3.07. The number of carboxylic acid groups (broad SMARTS) is 1. The normalized spacial score (nSPS) is 11.9. The summed E-state index contributed by atoms with van der Waals surface area (Å²) >= 11 is 0. The van der Waals surface area contributed by atoms with Crippen LogP contribution in [0.5, 0.6) is 0 Å². The third kappa shape index (κ3) is 1.78. The highest BCUT2D eigenvalue weighted by atomic mass is 19.1. The van der Waals surface area contributed by atoms with Crippen molar-refractivity contribution in [3.8, 4) is 0 Å². The molecule has 0 aliphatic carbocycles. The van der Waals surface area contributed by atoms with Crippen molar-refractivity contribution < 1.29 is 14.3 Å². The molecule has 0 saturated heterocycles. The van der Waals surface area contributed by atoms with E-state index in [1.165, 1.54) is 26.0 Å². The molecule has 1 heterocycles. The summed E-state index contributed by atoms with van der Waals surface area (Å²) in [5.41, 5.74) is -0.175. The summed E-state index contributed by atoms with van der Waals surface area (Å²) in [7, 11) is 0. The first-order valence-corrected chi connectivity index (χ1v) is 4.93. The van der Waals surface area contributed by atoms with Gasteiger partial charge in [-0.3, -0.25) is 0 Å². The number of alkyl halides is 1. The number of aromatic amines is 1. The van der Waals surface area contributed by atoms with E-state index >= 15 is 0 Å². The molecule has 2 aromatic rings. The van der Waals surface area contributed by atoms with Crippen molar-refractivity contribution in [3.05, 3.63) is 35.5 Å². The average Bonchev–Trinajstić information content (AvgIpc) is 2.58. The van der Waals surface area contributed by atoms with Gasteiger partial charge in [-0.15, -0.1) is 0 Å². The Hall–Kier alpha value is -1.84. The zero-order valence-electron chi connectivity index (χ0n) is 9.04. The highest BCUT2D eigenvalue weighted by Gasteiger charge is 2.21. The summed E-state index contributed by atoms with van der Waals surface area (Å²) < 4.78 is 13.7. The Bertz CT molecular complexity index is 552. The minimum atomic E-state index is -1.46. The Labute approximate surface area is 91.9 Å².